The van der Waals surface area contributed by atoms with Gasteiger partial charge in [0.15, 0.2) is 5.65 Å². The van der Waals surface area contributed by atoms with Gasteiger partial charge in [0.1, 0.15) is 16.4 Å². The van der Waals surface area contributed by atoms with Crippen LogP contribution in [0.25, 0.3) is 16.7 Å². The van der Waals surface area contributed by atoms with E-state index in [1.165, 1.54) is 6.42 Å². The summed E-state index contributed by atoms with van der Waals surface area (Å²) >= 11 is 11.8. The Balaban J connectivity index is 1.88. The third-order valence-corrected chi connectivity index (χ3v) is 5.10. The maximum Gasteiger partial charge on any atom is 0.264 e. The lowest BCUT2D eigenvalue weighted by molar-refractivity contribution is 0.568. The van der Waals surface area contributed by atoms with E-state index in [0.717, 1.165) is 25.9 Å². The highest BCUT2D eigenvalue weighted by Gasteiger charge is 2.16. The number of hydrogen-bond acceptors (Lipinski definition) is 5. The topological polar surface area (TPSA) is 66.8 Å². The number of hydrogen-bond donors (Lipinski definition) is 1. The number of para-hydroxylation sites is 1. The highest BCUT2D eigenvalue weighted by atomic mass is 35.5. The summed E-state index contributed by atoms with van der Waals surface area (Å²) in [6.45, 7) is 1.78. The van der Waals surface area contributed by atoms with Gasteiger partial charge in [0.25, 0.3) is 5.56 Å². The number of halogens is 1. The molecule has 0 radical (unpaired) electrons. The summed E-state index contributed by atoms with van der Waals surface area (Å²) in [5.41, 5.74) is 0.769. The SMILES string of the molecule is O=c1[nH]c(N2CCCCC2)nc2ncn(-c3ccccc3Cl)c(=S)c12. The maximum absolute atomic E-state index is 12.7. The molecule has 0 unspecified atom stereocenters. The Morgan fingerprint density at radius 2 is 1.92 bits per heavy atom. The molecular weight excluding hydrogens is 358 g/mol. The Bertz CT molecular complexity index is 1050. The van der Waals surface area contributed by atoms with E-state index in [1.807, 2.05) is 18.2 Å². The third kappa shape index (κ3) is 2.94. The zero-order valence-electron chi connectivity index (χ0n) is 13.4. The summed E-state index contributed by atoms with van der Waals surface area (Å²) in [5.74, 6) is 0.564. The summed E-state index contributed by atoms with van der Waals surface area (Å²) in [6.07, 6.45) is 4.98. The number of nitrogens with one attached hydrogen (secondary N) is 1. The van der Waals surface area contributed by atoms with Gasteiger partial charge in [-0.25, -0.2) is 4.98 Å². The monoisotopic (exact) mass is 373 g/mol. The van der Waals surface area contributed by atoms with Crippen molar-refractivity contribution in [3.63, 3.8) is 0 Å². The first kappa shape index (κ1) is 16.2. The average Bonchev–Trinajstić information content (AvgIpc) is 2.63. The van der Waals surface area contributed by atoms with Crippen LogP contribution < -0.4 is 10.5 Å². The van der Waals surface area contributed by atoms with Crippen molar-refractivity contribution in [3.05, 3.63) is 50.6 Å². The van der Waals surface area contributed by atoms with E-state index in [9.17, 15) is 4.79 Å². The van der Waals surface area contributed by atoms with E-state index in [0.29, 0.717) is 32.3 Å². The predicted molar refractivity (Wildman–Crippen MR) is 101 cm³/mol. The molecule has 128 valence electrons. The van der Waals surface area contributed by atoms with Crippen LogP contribution in [0.4, 0.5) is 5.95 Å². The molecule has 0 amide bonds. The summed E-state index contributed by atoms with van der Waals surface area (Å²) in [7, 11) is 0. The number of rotatable bonds is 2. The zero-order chi connectivity index (χ0) is 17.4. The molecule has 25 heavy (non-hydrogen) atoms. The molecule has 1 fully saturated rings. The molecular formula is C17H16ClN5OS. The van der Waals surface area contributed by atoms with Crippen molar-refractivity contribution in [2.24, 2.45) is 0 Å². The van der Waals surface area contributed by atoms with Crippen molar-refractivity contribution in [2.75, 3.05) is 18.0 Å². The van der Waals surface area contributed by atoms with Gasteiger partial charge >= 0.3 is 0 Å². The molecule has 2 aromatic heterocycles. The van der Waals surface area contributed by atoms with Crippen molar-refractivity contribution in [1.29, 1.82) is 0 Å². The van der Waals surface area contributed by atoms with E-state index in [4.69, 9.17) is 23.8 Å². The lowest BCUT2D eigenvalue weighted by Gasteiger charge is -2.26. The van der Waals surface area contributed by atoms with Crippen LogP contribution in [0, 0.1) is 4.64 Å². The number of H-pyrrole nitrogens is 1. The van der Waals surface area contributed by atoms with Crippen molar-refractivity contribution in [2.45, 2.75) is 19.3 Å². The molecule has 0 atom stereocenters. The van der Waals surface area contributed by atoms with Crippen LogP contribution in [0.2, 0.25) is 5.02 Å². The first-order valence-electron chi connectivity index (χ1n) is 8.17. The Morgan fingerprint density at radius 3 is 2.68 bits per heavy atom. The lowest BCUT2D eigenvalue weighted by atomic mass is 10.1. The minimum Gasteiger partial charge on any atom is -0.342 e. The lowest BCUT2D eigenvalue weighted by Crippen LogP contribution is -2.32. The highest BCUT2D eigenvalue weighted by molar-refractivity contribution is 7.71. The van der Waals surface area contributed by atoms with Gasteiger partial charge in [0.2, 0.25) is 5.95 Å². The predicted octanol–water partition coefficient (Wildman–Crippen LogP) is 3.48. The van der Waals surface area contributed by atoms with Gasteiger partial charge in [-0.1, -0.05) is 36.0 Å². The number of nitrogens with zero attached hydrogens (tertiary/aromatic N) is 4. The summed E-state index contributed by atoms with van der Waals surface area (Å²) < 4.78 is 1.98. The maximum atomic E-state index is 12.7. The number of aromatic nitrogens is 4. The second-order valence-corrected chi connectivity index (χ2v) is 6.80. The molecule has 3 heterocycles. The number of aromatic amines is 1. The molecule has 1 aromatic carbocycles. The van der Waals surface area contributed by atoms with Gasteiger partial charge < -0.3 is 4.90 Å². The molecule has 1 N–H and O–H groups in total. The van der Waals surface area contributed by atoms with Crippen LogP contribution in [0.3, 0.4) is 0 Å². The van der Waals surface area contributed by atoms with Gasteiger partial charge in [-0.15, -0.1) is 0 Å². The smallest absolute Gasteiger partial charge is 0.264 e. The normalized spacial score (nSPS) is 14.8. The Kier molecular flexibility index (Phi) is 4.27. The molecule has 1 aliphatic heterocycles. The van der Waals surface area contributed by atoms with E-state index >= 15 is 0 Å². The first-order valence-corrected chi connectivity index (χ1v) is 8.95. The summed E-state index contributed by atoms with van der Waals surface area (Å²) in [4.78, 5) is 26.5. The second kappa shape index (κ2) is 6.57. The minimum absolute atomic E-state index is 0.274. The molecule has 0 saturated carbocycles. The molecule has 0 bridgehead atoms. The van der Waals surface area contributed by atoms with Crippen molar-refractivity contribution in [3.8, 4) is 5.69 Å². The molecule has 0 spiro atoms. The highest BCUT2D eigenvalue weighted by Crippen LogP contribution is 2.22. The second-order valence-electron chi connectivity index (χ2n) is 6.01. The largest absolute Gasteiger partial charge is 0.342 e. The Hall–Kier alpha value is -2.25. The van der Waals surface area contributed by atoms with Gasteiger partial charge in [-0.2, -0.15) is 4.98 Å². The van der Waals surface area contributed by atoms with Crippen LogP contribution >= 0.6 is 23.8 Å². The molecule has 1 saturated heterocycles. The zero-order valence-corrected chi connectivity index (χ0v) is 15.0. The number of fused-ring (bicyclic) bond motifs is 1. The van der Waals surface area contributed by atoms with Crippen LogP contribution in [0.15, 0.2) is 35.4 Å². The molecule has 0 aliphatic carbocycles. The Morgan fingerprint density at radius 1 is 1.16 bits per heavy atom. The molecule has 4 rings (SSSR count). The third-order valence-electron chi connectivity index (χ3n) is 4.38. The fraction of sp³-hybridized carbons (Fsp3) is 0.294. The van der Waals surface area contributed by atoms with Gasteiger partial charge in [0.05, 0.1) is 10.7 Å². The molecule has 3 aromatic rings. The average molecular weight is 374 g/mol. The summed E-state index contributed by atoms with van der Waals surface area (Å²) in [5, 5.41) is 0.840. The van der Waals surface area contributed by atoms with Crippen molar-refractivity contribution < 1.29 is 0 Å². The van der Waals surface area contributed by atoms with Crippen LogP contribution in [-0.4, -0.2) is 32.6 Å². The van der Waals surface area contributed by atoms with E-state index in [1.54, 1.807) is 17.0 Å². The number of piperidine rings is 1. The van der Waals surface area contributed by atoms with Gasteiger partial charge in [-0.3, -0.25) is 14.3 Å². The van der Waals surface area contributed by atoms with E-state index < -0.39 is 0 Å². The minimum atomic E-state index is -0.274. The number of benzene rings is 1. The van der Waals surface area contributed by atoms with Crippen LogP contribution in [0.1, 0.15) is 19.3 Å². The Labute approximate surface area is 154 Å². The standard InChI is InChI=1S/C17H16ClN5OS/c18-11-6-2-3-7-12(11)23-10-19-14-13(16(23)25)15(24)21-17(20-14)22-8-4-1-5-9-22/h2-3,6-7,10H,1,4-5,8-9H2,(H,20,21,24). The van der Waals surface area contributed by atoms with Gasteiger partial charge in [0, 0.05) is 13.1 Å². The fourth-order valence-corrected chi connectivity index (χ4v) is 3.65. The van der Waals surface area contributed by atoms with E-state index in [-0.39, 0.29) is 5.56 Å². The van der Waals surface area contributed by atoms with Gasteiger partial charge in [-0.05, 0) is 31.4 Å². The van der Waals surface area contributed by atoms with Crippen molar-refractivity contribution in [1.82, 2.24) is 19.5 Å². The quantitative estimate of drug-likeness (QED) is 0.696. The van der Waals surface area contributed by atoms with E-state index in [2.05, 4.69) is 19.9 Å². The molecule has 1 aliphatic rings. The van der Waals surface area contributed by atoms with Crippen LogP contribution in [-0.2, 0) is 0 Å². The summed E-state index contributed by atoms with van der Waals surface area (Å²) in [6, 6.07) is 7.29. The van der Waals surface area contributed by atoms with Crippen molar-refractivity contribution >= 4 is 40.8 Å². The molecule has 8 heteroatoms. The first-order chi connectivity index (χ1) is 12.1. The fourth-order valence-electron chi connectivity index (χ4n) is 3.10. The number of anilines is 1. The van der Waals surface area contributed by atoms with Crippen LogP contribution in [0.5, 0.6) is 0 Å². The molecule has 6 nitrogen and oxygen atoms in total.